The van der Waals surface area contributed by atoms with Gasteiger partial charge >= 0.3 is 0 Å². The summed E-state index contributed by atoms with van der Waals surface area (Å²) in [5.74, 6) is 0.989. The zero-order valence-electron chi connectivity index (χ0n) is 21.9. The summed E-state index contributed by atoms with van der Waals surface area (Å²) >= 11 is 0. The first-order valence-corrected chi connectivity index (χ1v) is 13.2. The number of aliphatic hydroxyl groups excluding tert-OH is 1. The molecule has 5 heterocycles. The zero-order chi connectivity index (χ0) is 26.1. The van der Waals surface area contributed by atoms with E-state index in [4.69, 9.17) is 4.98 Å². The van der Waals surface area contributed by atoms with Crippen molar-refractivity contribution in [2.45, 2.75) is 26.5 Å². The third-order valence-corrected chi connectivity index (χ3v) is 7.20. The normalized spacial score (nSPS) is 15.3. The molecule has 5 aromatic rings. The van der Waals surface area contributed by atoms with E-state index in [0.717, 1.165) is 78.4 Å². The molecule has 0 amide bonds. The Balaban J connectivity index is 1.19. The van der Waals surface area contributed by atoms with Crippen LogP contribution >= 0.6 is 0 Å². The monoisotopic (exact) mass is 507 g/mol. The molecular weight excluding hydrogens is 474 g/mol. The molecule has 1 atom stereocenters. The van der Waals surface area contributed by atoms with Crippen LogP contribution in [0.1, 0.15) is 18.1 Å². The molecule has 1 aromatic carbocycles. The third-order valence-electron chi connectivity index (χ3n) is 7.20. The first-order valence-electron chi connectivity index (χ1n) is 13.2. The van der Waals surface area contributed by atoms with Crippen LogP contribution in [-0.4, -0.2) is 73.6 Å². The fourth-order valence-corrected chi connectivity index (χ4v) is 5.26. The number of nitrogens with zero attached hydrogens (tertiary/aromatic N) is 6. The Bertz CT molecular complexity index is 1530. The highest BCUT2D eigenvalue weighted by molar-refractivity contribution is 5.95. The van der Waals surface area contributed by atoms with Gasteiger partial charge < -0.3 is 15.0 Å². The van der Waals surface area contributed by atoms with Gasteiger partial charge in [-0.25, -0.2) is 9.97 Å². The van der Waals surface area contributed by atoms with Gasteiger partial charge in [-0.05, 0) is 37.6 Å². The molecule has 4 aromatic heterocycles. The van der Waals surface area contributed by atoms with Crippen LogP contribution in [0.3, 0.4) is 0 Å². The van der Waals surface area contributed by atoms with Crippen molar-refractivity contribution in [1.82, 2.24) is 29.6 Å². The average molecular weight is 508 g/mol. The standard InChI is InChI=1S/C30H33N7O/c1-21-4-3-5-23(12-21)19-37-20-26(16-34-37)28-17-33-30-27(28)13-25(15-32-30)24-6-7-29(31-14-24)36-10-8-35(9-11-36)18-22(2)38/h3-7,12-17,20,22,38H,8-11,18-19H2,1-2H3,(H,32,33). The molecule has 8 nitrogen and oxygen atoms in total. The minimum absolute atomic E-state index is 0.291. The van der Waals surface area contributed by atoms with Crippen LogP contribution in [0.4, 0.5) is 5.82 Å². The van der Waals surface area contributed by atoms with E-state index in [2.05, 4.69) is 80.5 Å². The molecule has 0 bridgehead atoms. The van der Waals surface area contributed by atoms with E-state index in [1.54, 1.807) is 0 Å². The summed E-state index contributed by atoms with van der Waals surface area (Å²) in [6, 6.07) is 14.9. The van der Waals surface area contributed by atoms with E-state index in [-0.39, 0.29) is 6.10 Å². The molecule has 194 valence electrons. The summed E-state index contributed by atoms with van der Waals surface area (Å²) in [4.78, 5) is 17.4. The number of anilines is 1. The lowest BCUT2D eigenvalue weighted by Crippen LogP contribution is -2.48. The molecule has 1 aliphatic heterocycles. The summed E-state index contributed by atoms with van der Waals surface area (Å²) in [5.41, 5.74) is 7.57. The number of nitrogens with one attached hydrogen (secondary N) is 1. The van der Waals surface area contributed by atoms with Crippen LogP contribution in [0.5, 0.6) is 0 Å². The molecule has 8 heteroatoms. The summed E-state index contributed by atoms with van der Waals surface area (Å²) < 4.78 is 1.98. The van der Waals surface area contributed by atoms with E-state index in [1.165, 1.54) is 11.1 Å². The number of pyridine rings is 2. The first kappa shape index (κ1) is 24.3. The van der Waals surface area contributed by atoms with Gasteiger partial charge in [0, 0.05) is 85.2 Å². The van der Waals surface area contributed by atoms with Gasteiger partial charge in [0.15, 0.2) is 0 Å². The Morgan fingerprint density at radius 1 is 0.947 bits per heavy atom. The maximum absolute atomic E-state index is 9.65. The molecule has 6 rings (SSSR count). The van der Waals surface area contributed by atoms with Gasteiger partial charge in [0.25, 0.3) is 0 Å². The van der Waals surface area contributed by atoms with Crippen LogP contribution in [-0.2, 0) is 6.54 Å². The number of β-amino-alcohol motifs (C(OH)–C–C–N with tert-alkyl or cyclic N) is 1. The largest absolute Gasteiger partial charge is 0.392 e. The lowest BCUT2D eigenvalue weighted by Gasteiger charge is -2.35. The van der Waals surface area contributed by atoms with E-state index in [9.17, 15) is 5.11 Å². The van der Waals surface area contributed by atoms with Gasteiger partial charge in [-0.1, -0.05) is 29.8 Å². The zero-order valence-corrected chi connectivity index (χ0v) is 21.9. The van der Waals surface area contributed by atoms with Crippen molar-refractivity contribution < 1.29 is 5.11 Å². The van der Waals surface area contributed by atoms with Gasteiger partial charge in [0.1, 0.15) is 11.5 Å². The number of aliphatic hydroxyl groups is 1. The molecule has 0 spiro atoms. The topological polar surface area (TPSA) is 86.1 Å². The van der Waals surface area contributed by atoms with Crippen molar-refractivity contribution in [2.24, 2.45) is 0 Å². The molecule has 1 aliphatic rings. The van der Waals surface area contributed by atoms with Crippen LogP contribution in [0.2, 0.25) is 0 Å². The lowest BCUT2D eigenvalue weighted by molar-refractivity contribution is 0.122. The minimum atomic E-state index is -0.291. The molecule has 2 N–H and O–H groups in total. The summed E-state index contributed by atoms with van der Waals surface area (Å²) in [7, 11) is 0. The highest BCUT2D eigenvalue weighted by Gasteiger charge is 2.19. The Hall–Kier alpha value is -4.01. The molecule has 1 fully saturated rings. The smallest absolute Gasteiger partial charge is 0.137 e. The number of aromatic amines is 1. The van der Waals surface area contributed by atoms with Crippen molar-refractivity contribution in [1.29, 1.82) is 0 Å². The Morgan fingerprint density at radius 2 is 1.79 bits per heavy atom. The predicted octanol–water partition coefficient (Wildman–Crippen LogP) is 4.35. The third kappa shape index (κ3) is 5.18. The number of aryl methyl sites for hydroxylation is 1. The Kier molecular flexibility index (Phi) is 6.66. The van der Waals surface area contributed by atoms with Crippen molar-refractivity contribution in [2.75, 3.05) is 37.6 Å². The van der Waals surface area contributed by atoms with Crippen LogP contribution in [0.25, 0.3) is 33.3 Å². The molecule has 0 radical (unpaired) electrons. The Morgan fingerprint density at radius 3 is 2.55 bits per heavy atom. The number of rotatable bonds is 7. The second kappa shape index (κ2) is 10.4. The Labute approximate surface area is 222 Å². The second-order valence-electron chi connectivity index (χ2n) is 10.3. The van der Waals surface area contributed by atoms with Crippen molar-refractivity contribution in [3.8, 4) is 22.3 Å². The quantitative estimate of drug-likeness (QED) is 0.341. The number of H-pyrrole nitrogens is 1. The van der Waals surface area contributed by atoms with E-state index >= 15 is 0 Å². The fraction of sp³-hybridized carbons (Fsp3) is 0.300. The van der Waals surface area contributed by atoms with E-state index < -0.39 is 0 Å². The summed E-state index contributed by atoms with van der Waals surface area (Å²) in [6.45, 7) is 9.12. The van der Waals surface area contributed by atoms with Crippen molar-refractivity contribution in [3.05, 3.63) is 84.6 Å². The lowest BCUT2D eigenvalue weighted by atomic mass is 10.1. The summed E-state index contributed by atoms with van der Waals surface area (Å²) in [6.07, 6.45) is 9.56. The number of fused-ring (bicyclic) bond motifs is 1. The van der Waals surface area contributed by atoms with Gasteiger partial charge in [-0.2, -0.15) is 5.10 Å². The molecule has 0 saturated carbocycles. The number of piperazine rings is 1. The van der Waals surface area contributed by atoms with Crippen LogP contribution in [0, 0.1) is 6.92 Å². The van der Waals surface area contributed by atoms with Crippen molar-refractivity contribution in [3.63, 3.8) is 0 Å². The SMILES string of the molecule is Cc1cccc(Cn2cc(-c3c[nH]c4ncc(-c5ccc(N6CCN(CC(C)O)CC6)nc5)cc34)cn2)c1. The van der Waals surface area contributed by atoms with Gasteiger partial charge in [-0.3, -0.25) is 9.58 Å². The number of benzene rings is 1. The highest BCUT2D eigenvalue weighted by Crippen LogP contribution is 2.31. The molecule has 38 heavy (non-hydrogen) atoms. The highest BCUT2D eigenvalue weighted by atomic mass is 16.3. The molecule has 1 unspecified atom stereocenters. The molecule has 0 aliphatic carbocycles. The van der Waals surface area contributed by atoms with Gasteiger partial charge in [-0.15, -0.1) is 0 Å². The minimum Gasteiger partial charge on any atom is -0.392 e. The second-order valence-corrected chi connectivity index (χ2v) is 10.3. The van der Waals surface area contributed by atoms with Crippen LogP contribution in [0.15, 0.2) is 73.4 Å². The maximum Gasteiger partial charge on any atom is 0.137 e. The van der Waals surface area contributed by atoms with E-state index in [1.807, 2.05) is 36.4 Å². The number of hydrogen-bond donors (Lipinski definition) is 2. The number of hydrogen-bond acceptors (Lipinski definition) is 6. The van der Waals surface area contributed by atoms with E-state index in [0.29, 0.717) is 0 Å². The van der Waals surface area contributed by atoms with Gasteiger partial charge in [0.2, 0.25) is 0 Å². The molecule has 1 saturated heterocycles. The number of aromatic nitrogens is 5. The predicted molar refractivity (Wildman–Crippen MR) is 151 cm³/mol. The van der Waals surface area contributed by atoms with Crippen LogP contribution < -0.4 is 4.90 Å². The first-order chi connectivity index (χ1) is 18.5. The fourth-order valence-electron chi connectivity index (χ4n) is 5.26. The summed E-state index contributed by atoms with van der Waals surface area (Å²) in [5, 5.41) is 15.3. The van der Waals surface area contributed by atoms with Crippen molar-refractivity contribution >= 4 is 16.9 Å². The van der Waals surface area contributed by atoms with Gasteiger partial charge in [0.05, 0.1) is 18.8 Å². The maximum atomic E-state index is 9.65. The molecular formula is C30H33N7O. The average Bonchev–Trinajstić information content (AvgIpc) is 3.55.